The molecular weight excluding hydrogens is 278 g/mol. The first-order chi connectivity index (χ1) is 8.19. The molecule has 0 aromatic heterocycles. The first-order valence-electron chi connectivity index (χ1n) is 5.50. The third-order valence-corrected chi connectivity index (χ3v) is 3.18. The molecule has 0 aromatic rings. The molecule has 0 heterocycles. The van der Waals surface area contributed by atoms with Crippen LogP contribution in [-0.4, -0.2) is 24.9 Å². The van der Waals surface area contributed by atoms with Crippen LogP contribution < -0.4 is 0 Å². The van der Waals surface area contributed by atoms with E-state index >= 15 is 0 Å². The van der Waals surface area contributed by atoms with Crippen LogP contribution in [0.25, 0.3) is 0 Å². The maximum Gasteiger partial charge on any atom is 0.406 e. The molecule has 0 unspecified atom stereocenters. The van der Waals surface area contributed by atoms with Gasteiger partial charge in [0.25, 0.3) is 0 Å². The van der Waals surface area contributed by atoms with Crippen molar-refractivity contribution in [3.8, 4) is 0 Å². The zero-order chi connectivity index (χ0) is 15.7. The summed E-state index contributed by atoms with van der Waals surface area (Å²) in [6.07, 6.45) is -10.9. The van der Waals surface area contributed by atoms with Crippen LogP contribution in [0.5, 0.6) is 0 Å². The third-order valence-electron chi connectivity index (χ3n) is 3.18. The van der Waals surface area contributed by atoms with Crippen LogP contribution in [0.4, 0.5) is 26.3 Å². The Kier molecular flexibility index (Phi) is 4.94. The second kappa shape index (κ2) is 5.20. The van der Waals surface area contributed by atoms with Gasteiger partial charge in [-0.05, 0) is 27.2 Å². The second-order valence-corrected chi connectivity index (χ2v) is 5.14. The van der Waals surface area contributed by atoms with E-state index in [9.17, 15) is 31.1 Å². The van der Waals surface area contributed by atoms with Gasteiger partial charge in [-0.1, -0.05) is 6.92 Å². The molecule has 0 rings (SSSR count). The number of alkyl halides is 6. The lowest BCUT2D eigenvalue weighted by molar-refractivity contribution is -0.343. The first-order valence-corrected chi connectivity index (χ1v) is 5.50. The quantitative estimate of drug-likeness (QED) is 0.576. The van der Waals surface area contributed by atoms with Crippen LogP contribution in [0.15, 0.2) is 0 Å². The van der Waals surface area contributed by atoms with Crippen molar-refractivity contribution in [2.45, 2.75) is 46.5 Å². The summed E-state index contributed by atoms with van der Waals surface area (Å²) in [5.74, 6) is -1.09. The Labute approximate surface area is 107 Å². The zero-order valence-corrected chi connectivity index (χ0v) is 11.0. The van der Waals surface area contributed by atoms with Gasteiger partial charge in [-0.25, -0.2) is 0 Å². The van der Waals surface area contributed by atoms with Gasteiger partial charge in [0.2, 0.25) is 0 Å². The topological polar surface area (TPSA) is 26.3 Å². The van der Waals surface area contributed by atoms with Crippen LogP contribution in [0.2, 0.25) is 0 Å². The van der Waals surface area contributed by atoms with E-state index in [4.69, 9.17) is 0 Å². The van der Waals surface area contributed by atoms with Crippen molar-refractivity contribution in [2.75, 3.05) is 6.61 Å². The molecule has 0 N–H and O–H groups in total. The summed E-state index contributed by atoms with van der Waals surface area (Å²) in [6.45, 7) is 2.54. The van der Waals surface area contributed by atoms with E-state index in [0.717, 1.165) is 0 Å². The lowest BCUT2D eigenvalue weighted by atomic mass is 9.88. The van der Waals surface area contributed by atoms with Gasteiger partial charge in [0, 0.05) is 0 Å². The Hall–Kier alpha value is -0.950. The third kappa shape index (κ3) is 3.76. The van der Waals surface area contributed by atoms with Crippen molar-refractivity contribution in [3.05, 3.63) is 0 Å². The van der Waals surface area contributed by atoms with Gasteiger partial charge in [-0.15, -0.1) is 0 Å². The van der Waals surface area contributed by atoms with Crippen LogP contribution >= 0.6 is 0 Å². The number of hydrogen-bond donors (Lipinski definition) is 0. The molecule has 0 aliphatic carbocycles. The zero-order valence-electron chi connectivity index (χ0n) is 11.0. The molecule has 0 spiro atoms. The van der Waals surface area contributed by atoms with Gasteiger partial charge in [0.1, 0.15) is 6.61 Å². The summed E-state index contributed by atoms with van der Waals surface area (Å²) in [6, 6.07) is 0. The molecule has 0 bridgehead atoms. The van der Waals surface area contributed by atoms with Crippen molar-refractivity contribution in [3.63, 3.8) is 0 Å². The van der Waals surface area contributed by atoms with Gasteiger partial charge in [0.05, 0.1) is 5.41 Å². The molecule has 19 heavy (non-hydrogen) atoms. The van der Waals surface area contributed by atoms with Crippen molar-refractivity contribution < 1.29 is 35.9 Å². The van der Waals surface area contributed by atoms with Crippen molar-refractivity contribution in [1.29, 1.82) is 0 Å². The largest absolute Gasteiger partial charge is 0.464 e. The molecule has 0 aliphatic rings. The fourth-order valence-electron chi connectivity index (χ4n) is 0.874. The number of hydrogen-bond acceptors (Lipinski definition) is 2. The fraction of sp³-hybridized carbons (Fsp3) is 0.909. The maximum absolute atomic E-state index is 12.5. The van der Waals surface area contributed by atoms with Crippen molar-refractivity contribution in [1.82, 2.24) is 0 Å². The smallest absolute Gasteiger partial charge is 0.406 e. The SMILES string of the molecule is CCC(C)(C)C(=O)OCC(C)(C(F)(F)F)C(F)(F)F. The number of halogens is 6. The highest BCUT2D eigenvalue weighted by atomic mass is 19.4. The van der Waals surface area contributed by atoms with E-state index in [1.165, 1.54) is 13.8 Å². The Morgan fingerprint density at radius 1 is 0.947 bits per heavy atom. The summed E-state index contributed by atoms with van der Waals surface area (Å²) in [5, 5.41) is 0. The number of rotatable bonds is 4. The second-order valence-electron chi connectivity index (χ2n) is 5.14. The van der Waals surface area contributed by atoms with Crippen molar-refractivity contribution in [2.24, 2.45) is 10.8 Å². The summed E-state index contributed by atoms with van der Waals surface area (Å²) >= 11 is 0. The fourth-order valence-corrected chi connectivity index (χ4v) is 0.874. The minimum absolute atomic E-state index is 0.0285. The Morgan fingerprint density at radius 3 is 1.58 bits per heavy atom. The molecule has 0 radical (unpaired) electrons. The summed E-state index contributed by atoms with van der Waals surface area (Å²) in [5.41, 5.74) is -5.20. The summed E-state index contributed by atoms with van der Waals surface area (Å²) < 4.78 is 79.3. The van der Waals surface area contributed by atoms with Gasteiger partial charge in [-0.2, -0.15) is 26.3 Å². The standard InChI is InChI=1S/C11H16F6O2/c1-5-8(2,3)7(18)19-6-9(4,10(12,13)14)11(15,16)17/h5-6H2,1-4H3. The van der Waals surface area contributed by atoms with Crippen LogP contribution in [0.1, 0.15) is 34.1 Å². The van der Waals surface area contributed by atoms with Gasteiger partial charge < -0.3 is 4.74 Å². The van der Waals surface area contributed by atoms with Gasteiger partial charge in [0.15, 0.2) is 5.41 Å². The minimum atomic E-state index is -5.55. The predicted octanol–water partition coefficient (Wildman–Crippen LogP) is 4.10. The molecule has 0 aliphatic heterocycles. The van der Waals surface area contributed by atoms with Gasteiger partial charge >= 0.3 is 18.3 Å². The molecule has 2 nitrogen and oxygen atoms in total. The minimum Gasteiger partial charge on any atom is -0.464 e. The predicted molar refractivity (Wildman–Crippen MR) is 55.2 cm³/mol. The van der Waals surface area contributed by atoms with E-state index in [-0.39, 0.29) is 13.3 Å². The van der Waals surface area contributed by atoms with Crippen LogP contribution in [0, 0.1) is 10.8 Å². The highest BCUT2D eigenvalue weighted by molar-refractivity contribution is 5.75. The van der Waals surface area contributed by atoms with Gasteiger partial charge in [-0.3, -0.25) is 4.79 Å². The molecule has 0 saturated heterocycles. The molecule has 0 saturated carbocycles. The van der Waals surface area contributed by atoms with Crippen molar-refractivity contribution >= 4 is 5.97 Å². The number of carbonyl (C=O) groups excluding carboxylic acids is 1. The van der Waals surface area contributed by atoms with E-state index < -0.39 is 35.8 Å². The Morgan fingerprint density at radius 2 is 1.32 bits per heavy atom. The van der Waals surface area contributed by atoms with E-state index in [2.05, 4.69) is 4.74 Å². The highest BCUT2D eigenvalue weighted by Crippen LogP contribution is 2.50. The maximum atomic E-state index is 12.5. The average molecular weight is 294 g/mol. The van der Waals surface area contributed by atoms with E-state index in [0.29, 0.717) is 0 Å². The molecule has 0 amide bonds. The molecule has 8 heteroatoms. The summed E-state index contributed by atoms with van der Waals surface area (Å²) in [7, 11) is 0. The monoisotopic (exact) mass is 294 g/mol. The number of esters is 1. The van der Waals surface area contributed by atoms with E-state index in [1.54, 1.807) is 6.92 Å². The molecule has 114 valence electrons. The van der Waals surface area contributed by atoms with Crippen LogP contribution in [-0.2, 0) is 9.53 Å². The highest BCUT2D eigenvalue weighted by Gasteiger charge is 2.68. The van der Waals surface area contributed by atoms with E-state index in [1.807, 2.05) is 0 Å². The average Bonchev–Trinajstić information content (AvgIpc) is 2.21. The number of ether oxygens (including phenoxy) is 1. The van der Waals surface area contributed by atoms with Crippen LogP contribution in [0.3, 0.4) is 0 Å². The molecular formula is C11H16F6O2. The molecule has 0 fully saturated rings. The normalized spacial score (nSPS) is 14.4. The number of carbonyl (C=O) groups is 1. The summed E-state index contributed by atoms with van der Waals surface area (Å²) in [4.78, 5) is 11.4. The lowest BCUT2D eigenvalue weighted by Gasteiger charge is -2.34. The Bertz CT molecular complexity index is 315. The Balaban J connectivity index is 5.07. The first kappa shape index (κ1) is 18.0. The lowest BCUT2D eigenvalue weighted by Crippen LogP contribution is -2.51. The molecule has 0 aromatic carbocycles. The molecule has 0 atom stereocenters.